The zero-order valence-corrected chi connectivity index (χ0v) is 8.54. The van der Waals surface area contributed by atoms with Gasteiger partial charge < -0.3 is 9.84 Å². The van der Waals surface area contributed by atoms with Gasteiger partial charge in [-0.2, -0.15) is 0 Å². The molecule has 5 heteroatoms. The summed E-state index contributed by atoms with van der Waals surface area (Å²) in [6.07, 6.45) is 1.42. The van der Waals surface area contributed by atoms with E-state index < -0.39 is 5.97 Å². The number of ether oxygens (including phenoxy) is 1. The Hall–Kier alpha value is -1.10. The van der Waals surface area contributed by atoms with E-state index in [2.05, 4.69) is 20.9 Å². The minimum atomic E-state index is -0.892. The lowest BCUT2D eigenvalue weighted by molar-refractivity contribution is -0.136. The minimum Gasteiger partial charge on any atom is -0.495 e. The molecule has 0 amide bonds. The molecule has 4 nitrogen and oxygen atoms in total. The second-order valence-corrected chi connectivity index (χ2v) is 3.20. The van der Waals surface area contributed by atoms with Gasteiger partial charge in [-0.25, -0.2) is 4.98 Å². The lowest BCUT2D eigenvalue weighted by Crippen LogP contribution is -2.02. The number of halogens is 1. The van der Waals surface area contributed by atoms with Crippen LogP contribution in [0.1, 0.15) is 5.56 Å². The number of nitrogens with zero attached hydrogens (tertiary/aromatic N) is 1. The monoisotopic (exact) mass is 245 g/mol. The van der Waals surface area contributed by atoms with Crippen molar-refractivity contribution in [3.05, 3.63) is 22.4 Å². The van der Waals surface area contributed by atoms with E-state index in [1.54, 1.807) is 6.07 Å². The molecule has 1 N–H and O–H groups in total. The molecule has 70 valence electrons. The summed E-state index contributed by atoms with van der Waals surface area (Å²) in [5.74, 6) is -0.401. The van der Waals surface area contributed by atoms with Gasteiger partial charge in [-0.05, 0) is 22.0 Å². The van der Waals surface area contributed by atoms with Crippen LogP contribution in [0.25, 0.3) is 0 Å². The number of aromatic nitrogens is 1. The molecule has 1 aromatic rings. The van der Waals surface area contributed by atoms with Crippen LogP contribution in [-0.2, 0) is 11.2 Å². The summed E-state index contributed by atoms with van der Waals surface area (Å²) in [4.78, 5) is 14.4. The molecule has 0 radical (unpaired) electrons. The Kier molecular flexibility index (Phi) is 3.25. The maximum absolute atomic E-state index is 10.5. The van der Waals surface area contributed by atoms with Crippen LogP contribution in [0, 0.1) is 0 Å². The van der Waals surface area contributed by atoms with Crippen LogP contribution in [0.15, 0.2) is 16.9 Å². The molecule has 0 aromatic carbocycles. The van der Waals surface area contributed by atoms with E-state index in [-0.39, 0.29) is 6.42 Å². The SMILES string of the molecule is COc1cnc(Br)cc1CC(=O)O. The fraction of sp³-hybridized carbons (Fsp3) is 0.250. The van der Waals surface area contributed by atoms with E-state index in [4.69, 9.17) is 9.84 Å². The highest BCUT2D eigenvalue weighted by atomic mass is 79.9. The fourth-order valence-electron chi connectivity index (χ4n) is 0.940. The standard InChI is InChI=1S/C8H8BrNO3/c1-13-6-4-10-7(9)2-5(6)3-8(11)12/h2,4H,3H2,1H3,(H,11,12). The highest BCUT2D eigenvalue weighted by Gasteiger charge is 2.08. The molecule has 1 heterocycles. The summed E-state index contributed by atoms with van der Waals surface area (Å²) in [5, 5.41) is 8.59. The van der Waals surface area contributed by atoms with Crippen molar-refractivity contribution < 1.29 is 14.6 Å². The zero-order chi connectivity index (χ0) is 9.84. The maximum atomic E-state index is 10.5. The van der Waals surface area contributed by atoms with Crippen molar-refractivity contribution in [1.82, 2.24) is 4.98 Å². The molecule has 1 aromatic heterocycles. The third-order valence-electron chi connectivity index (χ3n) is 1.48. The lowest BCUT2D eigenvalue weighted by atomic mass is 10.2. The van der Waals surface area contributed by atoms with Gasteiger partial charge in [-0.3, -0.25) is 4.79 Å². The number of hydrogen-bond acceptors (Lipinski definition) is 3. The normalized spacial score (nSPS) is 9.69. The van der Waals surface area contributed by atoms with E-state index in [1.807, 2.05) is 0 Å². The molecule has 0 atom stereocenters. The van der Waals surface area contributed by atoms with Crippen molar-refractivity contribution in [1.29, 1.82) is 0 Å². The summed E-state index contributed by atoms with van der Waals surface area (Å²) >= 11 is 3.16. The molecule has 0 aliphatic heterocycles. The van der Waals surface area contributed by atoms with E-state index in [0.29, 0.717) is 15.9 Å². The second-order valence-electron chi connectivity index (χ2n) is 2.39. The number of methoxy groups -OCH3 is 1. The third-order valence-corrected chi connectivity index (χ3v) is 1.91. The Morgan fingerprint density at radius 1 is 1.77 bits per heavy atom. The topological polar surface area (TPSA) is 59.4 Å². The van der Waals surface area contributed by atoms with E-state index in [0.717, 1.165) is 0 Å². The molecular formula is C8H8BrNO3. The van der Waals surface area contributed by atoms with E-state index in [1.165, 1.54) is 13.3 Å². The number of carboxylic acids is 1. The summed E-state index contributed by atoms with van der Waals surface area (Å²) in [6.45, 7) is 0. The lowest BCUT2D eigenvalue weighted by Gasteiger charge is -2.05. The Labute approximate surface area is 83.7 Å². The number of aliphatic carboxylic acids is 1. The summed E-state index contributed by atoms with van der Waals surface area (Å²) in [7, 11) is 1.48. The molecule has 0 unspecified atom stereocenters. The van der Waals surface area contributed by atoms with E-state index >= 15 is 0 Å². The Morgan fingerprint density at radius 3 is 3.00 bits per heavy atom. The van der Waals surface area contributed by atoms with Crippen molar-refractivity contribution in [2.45, 2.75) is 6.42 Å². The molecule has 0 aliphatic rings. The Bertz CT molecular complexity index is 327. The quantitative estimate of drug-likeness (QED) is 0.820. The number of rotatable bonds is 3. The van der Waals surface area contributed by atoms with Crippen molar-refractivity contribution in [2.24, 2.45) is 0 Å². The molecule has 0 saturated carbocycles. The smallest absolute Gasteiger partial charge is 0.307 e. The van der Waals surface area contributed by atoms with Gasteiger partial charge in [0.2, 0.25) is 0 Å². The van der Waals surface area contributed by atoms with Gasteiger partial charge >= 0.3 is 5.97 Å². The van der Waals surface area contributed by atoms with Gasteiger partial charge in [0, 0.05) is 5.56 Å². The zero-order valence-electron chi connectivity index (χ0n) is 6.95. The van der Waals surface area contributed by atoms with Gasteiger partial charge in [-0.15, -0.1) is 0 Å². The highest BCUT2D eigenvalue weighted by Crippen LogP contribution is 2.20. The number of carboxylic acid groups (broad SMARTS) is 1. The number of carbonyl (C=O) groups is 1. The van der Waals surface area contributed by atoms with Gasteiger partial charge in [0.05, 0.1) is 19.7 Å². The van der Waals surface area contributed by atoms with Gasteiger partial charge in [0.25, 0.3) is 0 Å². The van der Waals surface area contributed by atoms with Crippen LogP contribution in [0.5, 0.6) is 5.75 Å². The Balaban J connectivity index is 3.01. The van der Waals surface area contributed by atoms with Crippen molar-refractivity contribution in [2.75, 3.05) is 7.11 Å². The van der Waals surface area contributed by atoms with Crippen LogP contribution < -0.4 is 4.74 Å². The second kappa shape index (κ2) is 4.23. The first-order valence-corrected chi connectivity index (χ1v) is 4.33. The third kappa shape index (κ3) is 2.69. The average Bonchev–Trinajstić information content (AvgIpc) is 2.03. The van der Waals surface area contributed by atoms with Crippen LogP contribution in [0.2, 0.25) is 0 Å². The van der Waals surface area contributed by atoms with Crippen LogP contribution in [-0.4, -0.2) is 23.2 Å². The largest absolute Gasteiger partial charge is 0.495 e. The highest BCUT2D eigenvalue weighted by molar-refractivity contribution is 9.10. The van der Waals surface area contributed by atoms with E-state index in [9.17, 15) is 4.79 Å². The molecule has 0 bridgehead atoms. The molecule has 13 heavy (non-hydrogen) atoms. The molecule has 0 saturated heterocycles. The summed E-state index contributed by atoms with van der Waals surface area (Å²) in [6, 6.07) is 1.63. The van der Waals surface area contributed by atoms with Gasteiger partial charge in [0.15, 0.2) is 0 Å². The summed E-state index contributed by atoms with van der Waals surface area (Å²) < 4.78 is 5.56. The Morgan fingerprint density at radius 2 is 2.46 bits per heavy atom. The minimum absolute atomic E-state index is 0.0652. The van der Waals surface area contributed by atoms with Crippen molar-refractivity contribution in [3.8, 4) is 5.75 Å². The maximum Gasteiger partial charge on any atom is 0.307 e. The molecule has 0 spiro atoms. The van der Waals surface area contributed by atoms with Crippen molar-refractivity contribution >= 4 is 21.9 Å². The van der Waals surface area contributed by atoms with Crippen molar-refractivity contribution in [3.63, 3.8) is 0 Å². The first-order valence-electron chi connectivity index (χ1n) is 3.53. The number of pyridine rings is 1. The predicted molar refractivity (Wildman–Crippen MR) is 49.8 cm³/mol. The molecule has 0 aliphatic carbocycles. The van der Waals surface area contributed by atoms with Gasteiger partial charge in [-0.1, -0.05) is 0 Å². The van der Waals surface area contributed by atoms with Crippen LogP contribution >= 0.6 is 15.9 Å². The predicted octanol–water partition coefficient (Wildman–Crippen LogP) is 1.48. The first-order chi connectivity index (χ1) is 6.13. The molecule has 1 rings (SSSR count). The average molecular weight is 246 g/mol. The first kappa shape index (κ1) is 9.98. The molecule has 0 fully saturated rings. The number of hydrogen-bond donors (Lipinski definition) is 1. The van der Waals surface area contributed by atoms with Gasteiger partial charge in [0.1, 0.15) is 10.4 Å². The molecular weight excluding hydrogens is 238 g/mol. The van der Waals surface area contributed by atoms with Crippen LogP contribution in [0.3, 0.4) is 0 Å². The fourth-order valence-corrected chi connectivity index (χ4v) is 1.32. The van der Waals surface area contributed by atoms with Crippen LogP contribution in [0.4, 0.5) is 0 Å². The summed E-state index contributed by atoms with van der Waals surface area (Å²) in [5.41, 5.74) is 0.608.